The van der Waals surface area contributed by atoms with E-state index < -0.39 is 11.8 Å². The van der Waals surface area contributed by atoms with Gasteiger partial charge in [0.2, 0.25) is 0 Å². The molecule has 1 N–H and O–H groups in total. The second-order valence-electron chi connectivity index (χ2n) is 5.23. The molecule has 0 saturated carbocycles. The minimum absolute atomic E-state index is 0.0122. The van der Waals surface area contributed by atoms with Gasteiger partial charge in [-0.05, 0) is 19.1 Å². The third-order valence-corrected chi connectivity index (χ3v) is 4.12. The number of nitrogens with one attached hydrogen (secondary N) is 1. The lowest BCUT2D eigenvalue weighted by atomic mass is 9.77. The van der Waals surface area contributed by atoms with Crippen LogP contribution < -0.4 is 5.32 Å². The molecule has 106 valence electrons. The average molecular weight is 300 g/mol. The van der Waals surface area contributed by atoms with Crippen LogP contribution >= 0.6 is 11.6 Å². The summed E-state index contributed by atoms with van der Waals surface area (Å²) in [6.45, 7) is 1.98. The lowest BCUT2D eigenvalue weighted by molar-refractivity contribution is -0.126. The highest BCUT2D eigenvalue weighted by Gasteiger charge is 2.40. The molecule has 1 aromatic rings. The van der Waals surface area contributed by atoms with Gasteiger partial charge in [0.1, 0.15) is 10.7 Å². The first-order valence-electron chi connectivity index (χ1n) is 6.75. The zero-order chi connectivity index (χ0) is 15.0. The molecule has 1 aromatic carbocycles. The maximum absolute atomic E-state index is 12.5. The third-order valence-electron chi connectivity index (χ3n) is 3.74. The highest BCUT2D eigenvalue weighted by molar-refractivity contribution is 6.46. The third kappa shape index (κ3) is 2.45. The van der Waals surface area contributed by atoms with Crippen LogP contribution in [0.3, 0.4) is 0 Å². The van der Waals surface area contributed by atoms with Gasteiger partial charge >= 0.3 is 0 Å². The van der Waals surface area contributed by atoms with Crippen LogP contribution in [-0.4, -0.2) is 11.6 Å². The smallest absolute Gasteiger partial charge is 0.188 e. The zero-order valence-electron chi connectivity index (χ0n) is 11.5. The molecule has 3 rings (SSSR count). The first kappa shape index (κ1) is 13.8. The van der Waals surface area contributed by atoms with Crippen molar-refractivity contribution < 1.29 is 9.59 Å². The molecule has 0 aromatic heterocycles. The summed E-state index contributed by atoms with van der Waals surface area (Å²) in [7, 11) is 0. The second-order valence-corrected chi connectivity index (χ2v) is 5.61. The molecular formula is C17H14ClNO2. The Morgan fingerprint density at radius 1 is 0.952 bits per heavy atom. The maximum atomic E-state index is 12.5. The number of benzene rings is 1. The van der Waals surface area contributed by atoms with E-state index in [1.807, 2.05) is 31.2 Å². The van der Waals surface area contributed by atoms with Gasteiger partial charge in [0.15, 0.2) is 11.6 Å². The summed E-state index contributed by atoms with van der Waals surface area (Å²) in [6.07, 6.45) is 7.05. The number of rotatable bonds is 2. The van der Waals surface area contributed by atoms with E-state index in [0.717, 1.165) is 11.3 Å². The lowest BCUT2D eigenvalue weighted by Crippen LogP contribution is -2.37. The minimum Gasteiger partial charge on any atom is -0.351 e. The van der Waals surface area contributed by atoms with E-state index in [-0.39, 0.29) is 22.3 Å². The van der Waals surface area contributed by atoms with Crippen LogP contribution in [-0.2, 0) is 9.59 Å². The molecular weight excluding hydrogens is 286 g/mol. The zero-order valence-corrected chi connectivity index (χ0v) is 12.2. The Balaban J connectivity index is 1.96. The van der Waals surface area contributed by atoms with Gasteiger partial charge in [-0.2, -0.15) is 0 Å². The normalized spacial score (nSPS) is 24.3. The van der Waals surface area contributed by atoms with E-state index in [1.54, 1.807) is 24.3 Å². The summed E-state index contributed by atoms with van der Waals surface area (Å²) >= 11 is 6.12. The van der Waals surface area contributed by atoms with E-state index in [2.05, 4.69) is 5.32 Å². The van der Waals surface area contributed by atoms with Gasteiger partial charge in [-0.15, -0.1) is 0 Å². The fourth-order valence-corrected chi connectivity index (χ4v) is 2.82. The summed E-state index contributed by atoms with van der Waals surface area (Å²) < 4.78 is 0. The summed E-state index contributed by atoms with van der Waals surface area (Å²) in [5.74, 6) is -1.29. The lowest BCUT2D eigenvalue weighted by Gasteiger charge is -2.28. The van der Waals surface area contributed by atoms with Gasteiger partial charge in [0, 0.05) is 5.69 Å². The van der Waals surface area contributed by atoms with Crippen molar-refractivity contribution in [1.29, 1.82) is 0 Å². The Hall–Kier alpha value is -2.13. The summed E-state index contributed by atoms with van der Waals surface area (Å²) in [5.41, 5.74) is 2.04. The number of hydrogen-bond donors (Lipinski definition) is 1. The van der Waals surface area contributed by atoms with Gasteiger partial charge in [-0.1, -0.05) is 53.6 Å². The number of anilines is 1. The molecule has 0 aliphatic heterocycles. The van der Waals surface area contributed by atoms with Crippen molar-refractivity contribution in [2.24, 2.45) is 11.8 Å². The highest BCUT2D eigenvalue weighted by Crippen LogP contribution is 2.34. The number of fused-ring (bicyclic) bond motifs is 1. The summed E-state index contributed by atoms with van der Waals surface area (Å²) in [6, 6.07) is 7.57. The first-order valence-corrected chi connectivity index (χ1v) is 7.12. The largest absolute Gasteiger partial charge is 0.351 e. The molecule has 0 bridgehead atoms. The van der Waals surface area contributed by atoms with E-state index in [1.165, 1.54) is 0 Å². The number of ketones is 2. The molecule has 0 spiro atoms. The summed E-state index contributed by atoms with van der Waals surface area (Å²) in [4.78, 5) is 24.8. The average Bonchev–Trinajstić information content (AvgIpc) is 2.51. The topological polar surface area (TPSA) is 46.2 Å². The number of Topliss-reactive ketones (excluding diaryl/α,β-unsaturated/α-hetero) is 2. The quantitative estimate of drug-likeness (QED) is 0.911. The van der Waals surface area contributed by atoms with Crippen LogP contribution in [0.15, 0.2) is 59.3 Å². The first-order chi connectivity index (χ1) is 10.1. The Kier molecular flexibility index (Phi) is 3.52. The van der Waals surface area contributed by atoms with Crippen molar-refractivity contribution in [1.82, 2.24) is 0 Å². The molecule has 2 unspecified atom stereocenters. The standard InChI is InChI=1S/C17H14ClNO2/c1-10-6-8-11(9-7-10)19-15-14(18)16(20)12-4-2-3-5-13(12)17(15)21/h2-9,12-13,19H,1H3. The van der Waals surface area contributed by atoms with Crippen molar-refractivity contribution in [3.63, 3.8) is 0 Å². The second kappa shape index (κ2) is 5.34. The number of carbonyl (C=O) groups is 2. The molecule has 2 aliphatic rings. The van der Waals surface area contributed by atoms with Crippen LogP contribution in [0.5, 0.6) is 0 Å². The Labute approximate surface area is 128 Å². The molecule has 0 saturated heterocycles. The number of halogens is 1. The SMILES string of the molecule is Cc1ccc(NC2=C(Cl)C(=O)C3C=CC=CC3C2=O)cc1. The van der Waals surface area contributed by atoms with Crippen LogP contribution in [0.25, 0.3) is 0 Å². The Bertz CT molecular complexity index is 698. The van der Waals surface area contributed by atoms with Crippen LogP contribution in [0.4, 0.5) is 5.69 Å². The van der Waals surface area contributed by atoms with Gasteiger partial charge in [0.05, 0.1) is 11.8 Å². The van der Waals surface area contributed by atoms with Crippen molar-refractivity contribution >= 4 is 28.9 Å². The fourth-order valence-electron chi connectivity index (χ4n) is 2.55. The molecule has 2 atom stereocenters. The highest BCUT2D eigenvalue weighted by atomic mass is 35.5. The number of allylic oxidation sites excluding steroid dienone is 6. The van der Waals surface area contributed by atoms with E-state index in [9.17, 15) is 9.59 Å². The molecule has 4 heteroatoms. The Morgan fingerprint density at radius 2 is 1.52 bits per heavy atom. The molecule has 2 aliphatic carbocycles. The van der Waals surface area contributed by atoms with E-state index >= 15 is 0 Å². The van der Waals surface area contributed by atoms with Gasteiger partial charge in [-0.25, -0.2) is 0 Å². The predicted octanol–water partition coefficient (Wildman–Crippen LogP) is 3.37. The van der Waals surface area contributed by atoms with Gasteiger partial charge in [0.25, 0.3) is 0 Å². The van der Waals surface area contributed by atoms with Crippen molar-refractivity contribution in [2.45, 2.75) is 6.92 Å². The fraction of sp³-hybridized carbons (Fsp3) is 0.176. The van der Waals surface area contributed by atoms with Gasteiger partial charge < -0.3 is 5.32 Å². The van der Waals surface area contributed by atoms with Crippen LogP contribution in [0.2, 0.25) is 0 Å². The molecule has 0 radical (unpaired) electrons. The number of carbonyl (C=O) groups excluding carboxylic acids is 2. The maximum Gasteiger partial charge on any atom is 0.188 e. The van der Waals surface area contributed by atoms with Crippen LogP contribution in [0.1, 0.15) is 5.56 Å². The Morgan fingerprint density at radius 3 is 2.14 bits per heavy atom. The number of aryl methyl sites for hydroxylation is 1. The monoisotopic (exact) mass is 299 g/mol. The minimum atomic E-state index is -0.474. The van der Waals surface area contributed by atoms with Crippen molar-refractivity contribution in [2.75, 3.05) is 5.32 Å². The van der Waals surface area contributed by atoms with Crippen LogP contribution in [0, 0.1) is 18.8 Å². The molecule has 0 heterocycles. The van der Waals surface area contributed by atoms with Crippen molar-refractivity contribution in [3.8, 4) is 0 Å². The van der Waals surface area contributed by atoms with E-state index in [0.29, 0.717) is 0 Å². The summed E-state index contributed by atoms with van der Waals surface area (Å²) in [5, 5.41) is 2.98. The molecule has 3 nitrogen and oxygen atoms in total. The molecule has 21 heavy (non-hydrogen) atoms. The molecule has 0 fully saturated rings. The predicted molar refractivity (Wildman–Crippen MR) is 83.0 cm³/mol. The van der Waals surface area contributed by atoms with Crippen molar-refractivity contribution in [3.05, 3.63) is 64.9 Å². The number of hydrogen-bond acceptors (Lipinski definition) is 3. The van der Waals surface area contributed by atoms with E-state index in [4.69, 9.17) is 11.6 Å². The molecule has 0 amide bonds. The van der Waals surface area contributed by atoms with Gasteiger partial charge in [-0.3, -0.25) is 9.59 Å².